The van der Waals surface area contributed by atoms with E-state index in [0.717, 1.165) is 22.4 Å². The highest BCUT2D eigenvalue weighted by molar-refractivity contribution is 6.00. The SMILES string of the molecule is COc1ccc(-c2ccncc2C(=O)NCc2ccc(C#N)cc2)cc1. The molecule has 0 saturated carbocycles. The molecule has 5 nitrogen and oxygen atoms in total. The second-order valence-electron chi connectivity index (χ2n) is 5.64. The molecule has 5 heteroatoms. The molecule has 0 unspecified atom stereocenters. The van der Waals surface area contributed by atoms with Crippen molar-refractivity contribution in [2.75, 3.05) is 7.11 Å². The van der Waals surface area contributed by atoms with Gasteiger partial charge >= 0.3 is 0 Å². The van der Waals surface area contributed by atoms with E-state index in [-0.39, 0.29) is 5.91 Å². The van der Waals surface area contributed by atoms with Crippen LogP contribution >= 0.6 is 0 Å². The van der Waals surface area contributed by atoms with Gasteiger partial charge in [-0.25, -0.2) is 0 Å². The van der Waals surface area contributed by atoms with E-state index in [0.29, 0.717) is 17.7 Å². The van der Waals surface area contributed by atoms with Crippen LogP contribution in [0.15, 0.2) is 67.0 Å². The van der Waals surface area contributed by atoms with Gasteiger partial charge in [0, 0.05) is 18.9 Å². The van der Waals surface area contributed by atoms with Crippen molar-refractivity contribution in [1.29, 1.82) is 5.26 Å². The topological polar surface area (TPSA) is 75.0 Å². The maximum atomic E-state index is 12.6. The molecule has 0 fully saturated rings. The van der Waals surface area contributed by atoms with Crippen LogP contribution in [0.3, 0.4) is 0 Å². The Labute approximate surface area is 151 Å². The summed E-state index contributed by atoms with van der Waals surface area (Å²) in [7, 11) is 1.61. The predicted molar refractivity (Wildman–Crippen MR) is 98.6 cm³/mol. The van der Waals surface area contributed by atoms with Crippen LogP contribution in [-0.2, 0) is 6.54 Å². The molecule has 0 aliphatic carbocycles. The smallest absolute Gasteiger partial charge is 0.253 e. The zero-order chi connectivity index (χ0) is 18.4. The van der Waals surface area contributed by atoms with Crippen molar-refractivity contribution in [2.45, 2.75) is 6.54 Å². The van der Waals surface area contributed by atoms with Gasteiger partial charge in [0.15, 0.2) is 0 Å². The van der Waals surface area contributed by atoms with E-state index in [4.69, 9.17) is 10.00 Å². The van der Waals surface area contributed by atoms with Crippen LogP contribution in [-0.4, -0.2) is 18.0 Å². The Hall–Kier alpha value is -3.65. The number of hydrogen-bond acceptors (Lipinski definition) is 4. The van der Waals surface area contributed by atoms with Crippen molar-refractivity contribution in [3.05, 3.63) is 83.7 Å². The molecule has 0 aliphatic rings. The minimum absolute atomic E-state index is 0.201. The molecule has 1 aromatic heterocycles. The third kappa shape index (κ3) is 3.87. The lowest BCUT2D eigenvalue weighted by atomic mass is 10.0. The summed E-state index contributed by atoms with van der Waals surface area (Å²) >= 11 is 0. The minimum atomic E-state index is -0.201. The van der Waals surface area contributed by atoms with Gasteiger partial charge in [0.25, 0.3) is 5.91 Å². The standard InChI is InChI=1S/C21H17N3O2/c1-26-18-8-6-17(7-9-18)19-10-11-23-14-20(19)21(25)24-13-16-4-2-15(12-22)3-5-16/h2-11,14H,13H2,1H3,(H,24,25). The molecular weight excluding hydrogens is 326 g/mol. The van der Waals surface area contributed by atoms with Crippen LogP contribution in [0.25, 0.3) is 11.1 Å². The molecule has 3 aromatic rings. The number of nitriles is 1. The van der Waals surface area contributed by atoms with E-state index in [1.54, 1.807) is 31.6 Å². The number of benzene rings is 2. The maximum Gasteiger partial charge on any atom is 0.253 e. The average molecular weight is 343 g/mol. The highest BCUT2D eigenvalue weighted by Gasteiger charge is 2.13. The number of methoxy groups -OCH3 is 1. The molecular formula is C21H17N3O2. The van der Waals surface area contributed by atoms with Crippen molar-refractivity contribution in [1.82, 2.24) is 10.3 Å². The largest absolute Gasteiger partial charge is 0.497 e. The van der Waals surface area contributed by atoms with Crippen molar-refractivity contribution in [3.63, 3.8) is 0 Å². The number of carbonyl (C=O) groups is 1. The van der Waals surface area contributed by atoms with Gasteiger partial charge in [0.1, 0.15) is 5.75 Å². The summed E-state index contributed by atoms with van der Waals surface area (Å²) in [6.07, 6.45) is 3.23. The Morgan fingerprint density at radius 1 is 1.12 bits per heavy atom. The molecule has 1 amide bonds. The number of rotatable bonds is 5. The maximum absolute atomic E-state index is 12.6. The highest BCUT2D eigenvalue weighted by atomic mass is 16.5. The molecule has 1 heterocycles. The molecule has 0 bridgehead atoms. The normalized spacial score (nSPS) is 10.0. The van der Waals surface area contributed by atoms with Crippen LogP contribution in [0.2, 0.25) is 0 Å². The summed E-state index contributed by atoms with van der Waals surface area (Å²) in [5.41, 5.74) is 3.74. The van der Waals surface area contributed by atoms with Crippen molar-refractivity contribution < 1.29 is 9.53 Å². The van der Waals surface area contributed by atoms with E-state index in [2.05, 4.69) is 16.4 Å². The summed E-state index contributed by atoms with van der Waals surface area (Å²) in [4.78, 5) is 16.7. The number of hydrogen-bond donors (Lipinski definition) is 1. The quantitative estimate of drug-likeness (QED) is 0.768. The number of carbonyl (C=O) groups excluding carboxylic acids is 1. The lowest BCUT2D eigenvalue weighted by Gasteiger charge is -2.10. The van der Waals surface area contributed by atoms with Gasteiger partial charge < -0.3 is 10.1 Å². The zero-order valence-electron chi connectivity index (χ0n) is 14.3. The Bertz CT molecular complexity index is 942. The molecule has 1 N–H and O–H groups in total. The molecule has 2 aromatic carbocycles. The predicted octanol–water partition coefficient (Wildman–Crippen LogP) is 3.56. The first kappa shape index (κ1) is 17.2. The Morgan fingerprint density at radius 3 is 2.50 bits per heavy atom. The number of amides is 1. The van der Waals surface area contributed by atoms with E-state index in [1.807, 2.05) is 42.5 Å². The van der Waals surface area contributed by atoms with E-state index in [1.165, 1.54) is 0 Å². The van der Waals surface area contributed by atoms with Gasteiger partial charge in [-0.15, -0.1) is 0 Å². The summed E-state index contributed by atoms with van der Waals surface area (Å²) in [6, 6.07) is 18.5. The van der Waals surface area contributed by atoms with Crippen LogP contribution in [0.1, 0.15) is 21.5 Å². The fraction of sp³-hybridized carbons (Fsp3) is 0.0952. The van der Waals surface area contributed by atoms with Gasteiger partial charge in [-0.2, -0.15) is 5.26 Å². The first-order chi connectivity index (χ1) is 12.7. The summed E-state index contributed by atoms with van der Waals surface area (Å²) in [5.74, 6) is 0.558. The monoisotopic (exact) mass is 343 g/mol. The Kier molecular flexibility index (Phi) is 5.25. The summed E-state index contributed by atoms with van der Waals surface area (Å²) in [5, 5.41) is 11.7. The first-order valence-corrected chi connectivity index (χ1v) is 8.07. The van der Waals surface area contributed by atoms with Crippen LogP contribution in [0.5, 0.6) is 5.75 Å². The second kappa shape index (κ2) is 7.95. The minimum Gasteiger partial charge on any atom is -0.497 e. The van der Waals surface area contributed by atoms with Crippen LogP contribution < -0.4 is 10.1 Å². The van der Waals surface area contributed by atoms with Gasteiger partial charge in [-0.3, -0.25) is 9.78 Å². The molecule has 0 saturated heterocycles. The fourth-order valence-corrected chi connectivity index (χ4v) is 2.57. The van der Waals surface area contributed by atoms with Crippen LogP contribution in [0.4, 0.5) is 0 Å². The van der Waals surface area contributed by atoms with Gasteiger partial charge in [-0.05, 0) is 47.0 Å². The number of aromatic nitrogens is 1. The van der Waals surface area contributed by atoms with Crippen molar-refractivity contribution in [3.8, 4) is 22.9 Å². The van der Waals surface area contributed by atoms with Crippen molar-refractivity contribution in [2.24, 2.45) is 0 Å². The van der Waals surface area contributed by atoms with Gasteiger partial charge in [-0.1, -0.05) is 24.3 Å². The van der Waals surface area contributed by atoms with E-state index in [9.17, 15) is 4.79 Å². The zero-order valence-corrected chi connectivity index (χ0v) is 14.3. The molecule has 0 atom stereocenters. The number of nitrogens with one attached hydrogen (secondary N) is 1. The second-order valence-corrected chi connectivity index (χ2v) is 5.64. The van der Waals surface area contributed by atoms with Crippen molar-refractivity contribution >= 4 is 5.91 Å². The third-order valence-corrected chi connectivity index (χ3v) is 4.00. The molecule has 26 heavy (non-hydrogen) atoms. The number of nitrogens with zero attached hydrogens (tertiary/aromatic N) is 2. The average Bonchev–Trinajstić information content (AvgIpc) is 2.72. The Morgan fingerprint density at radius 2 is 1.85 bits per heavy atom. The van der Waals surface area contributed by atoms with Gasteiger partial charge in [0.05, 0.1) is 24.3 Å². The van der Waals surface area contributed by atoms with Crippen LogP contribution in [0, 0.1) is 11.3 Å². The molecule has 0 radical (unpaired) electrons. The summed E-state index contributed by atoms with van der Waals surface area (Å²) < 4.78 is 5.18. The molecule has 0 aliphatic heterocycles. The first-order valence-electron chi connectivity index (χ1n) is 8.07. The molecule has 128 valence electrons. The third-order valence-electron chi connectivity index (χ3n) is 4.00. The van der Waals surface area contributed by atoms with E-state index >= 15 is 0 Å². The van der Waals surface area contributed by atoms with Gasteiger partial charge in [0.2, 0.25) is 0 Å². The Balaban J connectivity index is 1.77. The molecule has 3 rings (SSSR count). The lowest BCUT2D eigenvalue weighted by molar-refractivity contribution is 0.0951. The summed E-state index contributed by atoms with van der Waals surface area (Å²) in [6.45, 7) is 0.376. The molecule has 0 spiro atoms. The van der Waals surface area contributed by atoms with E-state index < -0.39 is 0 Å². The number of ether oxygens (including phenoxy) is 1. The lowest BCUT2D eigenvalue weighted by Crippen LogP contribution is -2.23. The fourth-order valence-electron chi connectivity index (χ4n) is 2.57. The highest BCUT2D eigenvalue weighted by Crippen LogP contribution is 2.25. The number of pyridine rings is 1.